The van der Waals surface area contributed by atoms with Crippen LogP contribution in [-0.2, 0) is 0 Å². The third-order valence-electron chi connectivity index (χ3n) is 3.03. The Labute approximate surface area is 124 Å². The second-order valence-electron chi connectivity index (χ2n) is 4.89. The summed E-state index contributed by atoms with van der Waals surface area (Å²) in [5.74, 6) is -1.25. The van der Waals surface area contributed by atoms with Gasteiger partial charge in [-0.25, -0.2) is 8.78 Å². The molecule has 3 nitrogen and oxygen atoms in total. The van der Waals surface area contributed by atoms with Gasteiger partial charge in [-0.05, 0) is 46.1 Å². The maximum absolute atomic E-state index is 14.1. The van der Waals surface area contributed by atoms with Crippen LogP contribution in [0.5, 0.6) is 0 Å². The molecule has 0 aliphatic carbocycles. The van der Waals surface area contributed by atoms with Crippen LogP contribution >= 0.6 is 12.2 Å². The zero-order valence-corrected chi connectivity index (χ0v) is 12.9. The minimum atomic E-state index is -0.625. The summed E-state index contributed by atoms with van der Waals surface area (Å²) in [6.45, 7) is 3.86. The van der Waals surface area contributed by atoms with E-state index in [4.69, 9.17) is 18.0 Å². The first-order valence-corrected chi connectivity index (χ1v) is 6.96. The average molecular weight is 301 g/mol. The molecule has 0 atom stereocenters. The van der Waals surface area contributed by atoms with Crippen molar-refractivity contribution in [3.63, 3.8) is 0 Å². The number of anilines is 1. The Morgan fingerprint density at radius 2 is 1.75 bits per heavy atom. The Kier molecular flexibility index (Phi) is 6.29. The number of hydrogen-bond acceptors (Lipinski definition) is 3. The van der Waals surface area contributed by atoms with Gasteiger partial charge in [0.05, 0.1) is 0 Å². The molecular weight excluding hydrogens is 280 g/mol. The topological polar surface area (TPSA) is 32.5 Å². The monoisotopic (exact) mass is 301 g/mol. The summed E-state index contributed by atoms with van der Waals surface area (Å²) in [7, 11) is 3.93. The van der Waals surface area contributed by atoms with Gasteiger partial charge in [-0.2, -0.15) is 0 Å². The molecule has 0 aromatic heterocycles. The van der Waals surface area contributed by atoms with E-state index in [9.17, 15) is 8.78 Å². The summed E-state index contributed by atoms with van der Waals surface area (Å²) in [6.07, 6.45) is 0.830. The Balaban J connectivity index is 2.95. The maximum Gasteiger partial charge on any atom is 0.150 e. The Morgan fingerprint density at radius 1 is 1.20 bits per heavy atom. The molecule has 0 radical (unpaired) electrons. The van der Waals surface area contributed by atoms with E-state index in [0.29, 0.717) is 13.1 Å². The van der Waals surface area contributed by atoms with Crippen LogP contribution in [0.2, 0.25) is 0 Å². The molecule has 0 aliphatic heterocycles. The van der Waals surface area contributed by atoms with Crippen molar-refractivity contribution in [3.8, 4) is 0 Å². The molecule has 0 heterocycles. The van der Waals surface area contributed by atoms with Gasteiger partial charge in [-0.15, -0.1) is 0 Å². The van der Waals surface area contributed by atoms with Crippen molar-refractivity contribution in [2.45, 2.75) is 13.3 Å². The van der Waals surface area contributed by atoms with Crippen LogP contribution in [0.4, 0.5) is 14.5 Å². The van der Waals surface area contributed by atoms with Crippen molar-refractivity contribution in [1.29, 1.82) is 0 Å². The van der Waals surface area contributed by atoms with Gasteiger partial charge >= 0.3 is 0 Å². The summed E-state index contributed by atoms with van der Waals surface area (Å²) in [5, 5.41) is 0. The van der Waals surface area contributed by atoms with Crippen molar-refractivity contribution in [3.05, 3.63) is 29.3 Å². The standard InChI is InChI=1S/C14H21F2N3S/c1-4-19(7-5-6-18(2)3)13-11(15)8-10(14(17)20)9-12(13)16/h8-9H,4-7H2,1-3H3,(H2,17,20). The van der Waals surface area contributed by atoms with Crippen molar-refractivity contribution < 1.29 is 8.78 Å². The molecule has 1 aromatic rings. The quantitative estimate of drug-likeness (QED) is 0.784. The third kappa shape index (κ3) is 4.38. The number of thiocarbonyl (C=S) groups is 1. The highest BCUT2D eigenvalue weighted by Crippen LogP contribution is 2.25. The molecule has 2 N–H and O–H groups in total. The SMILES string of the molecule is CCN(CCCN(C)C)c1c(F)cc(C(N)=S)cc1F. The number of nitrogens with zero attached hydrogens (tertiary/aromatic N) is 2. The molecule has 0 saturated carbocycles. The number of rotatable bonds is 7. The molecule has 1 aromatic carbocycles. The summed E-state index contributed by atoms with van der Waals surface area (Å²) >= 11 is 4.74. The van der Waals surface area contributed by atoms with Crippen LogP contribution < -0.4 is 10.6 Å². The molecule has 20 heavy (non-hydrogen) atoms. The zero-order chi connectivity index (χ0) is 15.3. The van der Waals surface area contributed by atoms with E-state index >= 15 is 0 Å². The van der Waals surface area contributed by atoms with Crippen LogP contribution in [0.15, 0.2) is 12.1 Å². The van der Waals surface area contributed by atoms with Crippen LogP contribution in [-0.4, -0.2) is 43.6 Å². The van der Waals surface area contributed by atoms with Gasteiger partial charge < -0.3 is 15.5 Å². The summed E-state index contributed by atoms with van der Waals surface area (Å²) in [4.78, 5) is 3.72. The van der Waals surface area contributed by atoms with E-state index < -0.39 is 11.6 Å². The van der Waals surface area contributed by atoms with Crippen molar-refractivity contribution in [2.75, 3.05) is 38.6 Å². The van der Waals surface area contributed by atoms with E-state index in [-0.39, 0.29) is 16.2 Å². The van der Waals surface area contributed by atoms with Gasteiger partial charge in [0.1, 0.15) is 22.3 Å². The lowest BCUT2D eigenvalue weighted by Gasteiger charge is -2.25. The summed E-state index contributed by atoms with van der Waals surface area (Å²) in [5.41, 5.74) is 5.61. The first-order valence-electron chi connectivity index (χ1n) is 6.55. The lowest BCUT2D eigenvalue weighted by molar-refractivity contribution is 0.400. The molecule has 6 heteroatoms. The number of halogens is 2. The molecule has 112 valence electrons. The smallest absolute Gasteiger partial charge is 0.150 e. The normalized spacial score (nSPS) is 10.9. The molecule has 0 bridgehead atoms. The highest BCUT2D eigenvalue weighted by molar-refractivity contribution is 7.80. The highest BCUT2D eigenvalue weighted by Gasteiger charge is 2.17. The predicted octanol–water partition coefficient (Wildman–Crippen LogP) is 2.38. The molecule has 0 unspecified atom stereocenters. The van der Waals surface area contributed by atoms with E-state index in [1.165, 1.54) is 12.1 Å². The van der Waals surface area contributed by atoms with Crippen LogP contribution in [0.1, 0.15) is 18.9 Å². The Bertz CT molecular complexity index is 454. The molecule has 0 spiro atoms. The second-order valence-corrected chi connectivity index (χ2v) is 5.33. The molecule has 0 fully saturated rings. The average Bonchev–Trinajstić information content (AvgIpc) is 2.35. The first-order chi connectivity index (χ1) is 9.36. The molecular formula is C14H21F2N3S. The fraction of sp³-hybridized carbons (Fsp3) is 0.500. The van der Waals surface area contributed by atoms with Crippen molar-refractivity contribution in [2.24, 2.45) is 5.73 Å². The Hall–Kier alpha value is -1.27. The predicted molar refractivity (Wildman–Crippen MR) is 83.3 cm³/mol. The van der Waals surface area contributed by atoms with E-state index in [2.05, 4.69) is 0 Å². The van der Waals surface area contributed by atoms with Gasteiger partial charge in [0.2, 0.25) is 0 Å². The second kappa shape index (κ2) is 7.50. The van der Waals surface area contributed by atoms with Crippen LogP contribution in [0, 0.1) is 11.6 Å². The van der Waals surface area contributed by atoms with Gasteiger partial charge in [0.15, 0.2) is 0 Å². The zero-order valence-electron chi connectivity index (χ0n) is 12.1. The van der Waals surface area contributed by atoms with Crippen LogP contribution in [0.25, 0.3) is 0 Å². The van der Waals surface area contributed by atoms with Gasteiger partial charge in [0, 0.05) is 18.7 Å². The van der Waals surface area contributed by atoms with Crippen molar-refractivity contribution in [1.82, 2.24) is 4.90 Å². The van der Waals surface area contributed by atoms with Crippen LogP contribution in [0.3, 0.4) is 0 Å². The maximum atomic E-state index is 14.1. The number of nitrogens with two attached hydrogens (primary N) is 1. The summed E-state index contributed by atoms with van der Waals surface area (Å²) in [6, 6.07) is 2.38. The van der Waals surface area contributed by atoms with Crippen molar-refractivity contribution >= 4 is 22.9 Å². The van der Waals surface area contributed by atoms with Gasteiger partial charge in [0.25, 0.3) is 0 Å². The van der Waals surface area contributed by atoms with Gasteiger partial charge in [-0.3, -0.25) is 0 Å². The lowest BCUT2D eigenvalue weighted by atomic mass is 10.1. The molecule has 0 saturated heterocycles. The fourth-order valence-electron chi connectivity index (χ4n) is 2.02. The number of benzene rings is 1. The molecule has 0 aliphatic rings. The first kappa shape index (κ1) is 16.8. The van der Waals surface area contributed by atoms with E-state index in [1.807, 2.05) is 25.9 Å². The van der Waals surface area contributed by atoms with E-state index in [1.54, 1.807) is 4.90 Å². The summed E-state index contributed by atoms with van der Waals surface area (Å²) < 4.78 is 28.2. The minimum absolute atomic E-state index is 0.00810. The fourth-order valence-corrected chi connectivity index (χ4v) is 2.13. The largest absolute Gasteiger partial charge is 0.389 e. The minimum Gasteiger partial charge on any atom is -0.389 e. The lowest BCUT2D eigenvalue weighted by Crippen LogP contribution is -2.29. The molecule has 0 amide bonds. The number of hydrogen-bond donors (Lipinski definition) is 1. The Morgan fingerprint density at radius 3 is 2.15 bits per heavy atom. The van der Waals surface area contributed by atoms with Gasteiger partial charge in [-0.1, -0.05) is 12.2 Å². The molecule has 1 rings (SSSR count). The highest BCUT2D eigenvalue weighted by atomic mass is 32.1. The third-order valence-corrected chi connectivity index (χ3v) is 3.27. The van der Waals surface area contributed by atoms with E-state index in [0.717, 1.165) is 13.0 Å².